The van der Waals surface area contributed by atoms with Crippen molar-refractivity contribution in [3.8, 4) is 11.5 Å². The predicted octanol–water partition coefficient (Wildman–Crippen LogP) is 2.98. The average molecular weight is 553 g/mol. The second-order valence-corrected chi connectivity index (χ2v) is 10.3. The SMILES string of the molecule is Cc1ccc(OP(=O)(OC[C@@]2(C(F)F)O[C@@H](n3ccc(N)nc3=O)[C@@H](O)[C@@H]2O)Oc2ccc(C)cc2)cc1. The number of rotatable bonds is 9. The summed E-state index contributed by atoms with van der Waals surface area (Å²) in [5.74, 6) is -0.0323. The summed E-state index contributed by atoms with van der Waals surface area (Å²) >= 11 is 0. The summed E-state index contributed by atoms with van der Waals surface area (Å²) < 4.78 is 64.8. The fraction of sp³-hybridized carbons (Fsp3) is 0.333. The molecule has 0 bridgehead atoms. The number of aliphatic hydroxyl groups excluding tert-OH is 2. The van der Waals surface area contributed by atoms with E-state index < -0.39 is 50.6 Å². The second-order valence-electron chi connectivity index (χ2n) is 8.77. The van der Waals surface area contributed by atoms with E-state index in [9.17, 15) is 28.4 Å². The Labute approximate surface area is 216 Å². The number of nitrogens with zero attached hydrogens (tertiary/aromatic N) is 2. The van der Waals surface area contributed by atoms with Crippen LogP contribution in [-0.2, 0) is 13.8 Å². The molecule has 11 nitrogen and oxygen atoms in total. The molecule has 2 aromatic carbocycles. The first kappa shape index (κ1) is 27.7. The molecule has 0 amide bonds. The van der Waals surface area contributed by atoms with E-state index in [1.165, 1.54) is 30.3 Å². The van der Waals surface area contributed by atoms with Gasteiger partial charge in [0.25, 0.3) is 6.43 Å². The molecule has 38 heavy (non-hydrogen) atoms. The molecule has 1 aliphatic rings. The number of phosphoric acid groups is 1. The number of alkyl halides is 2. The molecule has 0 unspecified atom stereocenters. The van der Waals surface area contributed by atoms with Crippen molar-refractivity contribution in [1.29, 1.82) is 0 Å². The number of hydrogen-bond donors (Lipinski definition) is 3. The first-order valence-electron chi connectivity index (χ1n) is 11.4. The van der Waals surface area contributed by atoms with E-state index in [1.54, 1.807) is 24.3 Å². The van der Waals surface area contributed by atoms with Crippen molar-refractivity contribution in [2.24, 2.45) is 0 Å². The molecule has 1 saturated heterocycles. The van der Waals surface area contributed by atoms with Gasteiger partial charge in [-0.05, 0) is 44.2 Å². The zero-order chi connectivity index (χ0) is 27.7. The number of nitrogen functional groups attached to an aromatic ring is 1. The summed E-state index contributed by atoms with van der Waals surface area (Å²) in [5, 5.41) is 21.2. The highest BCUT2D eigenvalue weighted by Gasteiger charge is 2.62. The Balaban J connectivity index is 1.64. The van der Waals surface area contributed by atoms with Crippen LogP contribution in [0, 0.1) is 13.8 Å². The first-order chi connectivity index (χ1) is 17.9. The quantitative estimate of drug-likeness (QED) is 0.337. The molecule has 0 saturated carbocycles. The highest BCUT2D eigenvalue weighted by Crippen LogP contribution is 2.52. The molecule has 0 aliphatic carbocycles. The van der Waals surface area contributed by atoms with Crippen molar-refractivity contribution in [1.82, 2.24) is 9.55 Å². The Morgan fingerprint density at radius 3 is 2.05 bits per heavy atom. The van der Waals surface area contributed by atoms with Crippen LogP contribution in [0.1, 0.15) is 17.4 Å². The third kappa shape index (κ3) is 5.71. The van der Waals surface area contributed by atoms with Crippen LogP contribution in [0.15, 0.2) is 65.6 Å². The van der Waals surface area contributed by atoms with Crippen LogP contribution in [0.4, 0.5) is 14.6 Å². The molecule has 3 aromatic rings. The molecular weight excluding hydrogens is 527 g/mol. The lowest BCUT2D eigenvalue weighted by atomic mass is 9.96. The molecule has 1 aromatic heterocycles. The predicted molar refractivity (Wildman–Crippen MR) is 131 cm³/mol. The molecule has 4 rings (SSSR count). The lowest BCUT2D eigenvalue weighted by Gasteiger charge is -2.31. The maximum atomic E-state index is 14.4. The van der Waals surface area contributed by atoms with E-state index in [0.29, 0.717) is 4.57 Å². The first-order valence-corrected chi connectivity index (χ1v) is 12.8. The standard InChI is InChI=1S/C24H26F2N3O8P/c1-14-3-7-16(8-4-14)36-38(33,37-17-9-5-15(2)6-10-17)34-13-24(22(25)26)20(31)19(30)21(35-24)29-12-11-18(27)28-23(29)32/h3-12,19-22,30-31H,13H2,1-2H3,(H2,27,28,32)/t19-,20-,21+,24+/m0/s1. The summed E-state index contributed by atoms with van der Waals surface area (Å²) in [7, 11) is -4.69. The molecule has 1 aliphatic heterocycles. The molecule has 0 spiro atoms. The third-order valence-electron chi connectivity index (χ3n) is 5.88. The number of hydrogen-bond acceptors (Lipinski definition) is 10. The largest absolute Gasteiger partial charge is 0.587 e. The number of ether oxygens (including phenoxy) is 1. The lowest BCUT2D eigenvalue weighted by Crippen LogP contribution is -2.52. The molecule has 4 N–H and O–H groups in total. The monoisotopic (exact) mass is 553 g/mol. The van der Waals surface area contributed by atoms with Gasteiger partial charge in [-0.15, -0.1) is 0 Å². The van der Waals surface area contributed by atoms with Crippen molar-refractivity contribution in [3.05, 3.63) is 82.4 Å². The van der Waals surface area contributed by atoms with Gasteiger partial charge in [-0.3, -0.25) is 9.09 Å². The lowest BCUT2D eigenvalue weighted by molar-refractivity contribution is -0.193. The smallest absolute Gasteiger partial charge is 0.395 e. The summed E-state index contributed by atoms with van der Waals surface area (Å²) in [4.78, 5) is 15.7. The minimum Gasteiger partial charge on any atom is -0.395 e. The van der Waals surface area contributed by atoms with E-state index in [-0.39, 0.29) is 17.3 Å². The average Bonchev–Trinajstić information content (AvgIpc) is 3.12. The van der Waals surface area contributed by atoms with Crippen molar-refractivity contribution in [2.45, 2.75) is 44.3 Å². The highest BCUT2D eigenvalue weighted by molar-refractivity contribution is 7.49. The van der Waals surface area contributed by atoms with Gasteiger partial charge in [0, 0.05) is 6.20 Å². The molecule has 2 heterocycles. The number of nitrogens with two attached hydrogens (primary N) is 1. The summed E-state index contributed by atoms with van der Waals surface area (Å²) in [6.07, 6.45) is -8.46. The zero-order valence-corrected chi connectivity index (χ0v) is 21.2. The molecule has 0 radical (unpaired) electrons. The van der Waals surface area contributed by atoms with E-state index in [2.05, 4.69) is 4.98 Å². The molecule has 1 fully saturated rings. The number of anilines is 1. The van der Waals surface area contributed by atoms with Crippen LogP contribution in [0.3, 0.4) is 0 Å². The van der Waals surface area contributed by atoms with Crippen molar-refractivity contribution >= 4 is 13.6 Å². The number of aliphatic hydroxyl groups is 2. The van der Waals surface area contributed by atoms with Crippen LogP contribution < -0.4 is 20.5 Å². The van der Waals surface area contributed by atoms with Gasteiger partial charge in [-0.25, -0.2) is 18.1 Å². The molecule has 14 heteroatoms. The molecular formula is C24H26F2N3O8P. The number of phosphoric ester groups is 1. The summed E-state index contributed by atoms with van der Waals surface area (Å²) in [6, 6.07) is 13.8. The Morgan fingerprint density at radius 2 is 1.58 bits per heavy atom. The maximum Gasteiger partial charge on any atom is 0.587 e. The Hall–Kier alpha value is -3.35. The van der Waals surface area contributed by atoms with Crippen LogP contribution in [0.25, 0.3) is 0 Å². The number of aromatic nitrogens is 2. The van der Waals surface area contributed by atoms with Crippen LogP contribution in [0.2, 0.25) is 0 Å². The third-order valence-corrected chi connectivity index (χ3v) is 7.19. The maximum absolute atomic E-state index is 14.4. The van der Waals surface area contributed by atoms with E-state index in [0.717, 1.165) is 17.3 Å². The zero-order valence-electron chi connectivity index (χ0n) is 20.3. The van der Waals surface area contributed by atoms with Gasteiger partial charge in [0.2, 0.25) is 0 Å². The normalized spacial score (nSPS) is 23.5. The van der Waals surface area contributed by atoms with Crippen molar-refractivity contribution < 1.29 is 41.9 Å². The van der Waals surface area contributed by atoms with Gasteiger partial charge < -0.3 is 29.7 Å². The van der Waals surface area contributed by atoms with Crippen molar-refractivity contribution in [2.75, 3.05) is 12.3 Å². The van der Waals surface area contributed by atoms with Gasteiger partial charge >= 0.3 is 13.5 Å². The molecule has 204 valence electrons. The fourth-order valence-electron chi connectivity index (χ4n) is 3.72. The minimum absolute atomic E-state index is 0.0578. The summed E-state index contributed by atoms with van der Waals surface area (Å²) in [6.45, 7) is 2.39. The molecule has 4 atom stereocenters. The summed E-state index contributed by atoms with van der Waals surface area (Å²) in [5.41, 5.74) is 3.27. The van der Waals surface area contributed by atoms with Crippen LogP contribution >= 0.6 is 7.82 Å². The Kier molecular flexibility index (Phi) is 7.86. The number of benzene rings is 2. The van der Waals surface area contributed by atoms with Crippen LogP contribution in [0.5, 0.6) is 11.5 Å². The number of halogens is 2. The minimum atomic E-state index is -4.69. The van der Waals surface area contributed by atoms with E-state index in [4.69, 9.17) is 24.0 Å². The Morgan fingerprint density at radius 1 is 1.05 bits per heavy atom. The van der Waals surface area contributed by atoms with Gasteiger partial charge in [0.1, 0.15) is 29.5 Å². The van der Waals surface area contributed by atoms with Gasteiger partial charge in [0.15, 0.2) is 11.8 Å². The topological polar surface area (TPSA) is 155 Å². The highest BCUT2D eigenvalue weighted by atomic mass is 31.2. The van der Waals surface area contributed by atoms with Crippen LogP contribution in [-0.4, -0.2) is 50.6 Å². The van der Waals surface area contributed by atoms with Gasteiger partial charge in [-0.1, -0.05) is 35.4 Å². The van der Waals surface area contributed by atoms with E-state index >= 15 is 0 Å². The van der Waals surface area contributed by atoms with E-state index in [1.807, 2.05) is 13.8 Å². The second kappa shape index (κ2) is 10.8. The fourth-order valence-corrected chi connectivity index (χ4v) is 4.98. The van der Waals surface area contributed by atoms with Crippen molar-refractivity contribution in [3.63, 3.8) is 0 Å². The van der Waals surface area contributed by atoms with Gasteiger partial charge in [0.05, 0.1) is 6.61 Å². The Bertz CT molecular complexity index is 1320. The number of aryl methyl sites for hydroxylation is 2. The van der Waals surface area contributed by atoms with Gasteiger partial charge in [-0.2, -0.15) is 4.98 Å².